The largest absolute Gasteiger partial charge is 0.313 e. The number of nitrogens with one attached hydrogen (secondary N) is 1. The molecule has 1 atom stereocenters. The van der Waals surface area contributed by atoms with Crippen LogP contribution in [0, 0.1) is 12.8 Å². The van der Waals surface area contributed by atoms with E-state index in [0.29, 0.717) is 6.04 Å². The second-order valence-electron chi connectivity index (χ2n) is 6.59. The Hall–Kier alpha value is -0.390. The van der Waals surface area contributed by atoms with E-state index in [4.69, 9.17) is 0 Å². The third kappa shape index (κ3) is 3.88. The quantitative estimate of drug-likeness (QED) is 0.816. The third-order valence-corrected chi connectivity index (χ3v) is 5.71. The SMILES string of the molecule is CCn1nc(C)c(Br)c1CN(CC1CC1)CC1CCCN1. The van der Waals surface area contributed by atoms with E-state index in [2.05, 4.69) is 49.8 Å². The second-order valence-corrected chi connectivity index (χ2v) is 7.39. The van der Waals surface area contributed by atoms with Gasteiger partial charge in [-0.1, -0.05) is 0 Å². The summed E-state index contributed by atoms with van der Waals surface area (Å²) in [5, 5.41) is 8.27. The minimum Gasteiger partial charge on any atom is -0.313 e. The van der Waals surface area contributed by atoms with Crippen LogP contribution in [0.25, 0.3) is 0 Å². The average Bonchev–Trinajstić information content (AvgIpc) is 3.06. The maximum Gasteiger partial charge on any atom is 0.0739 e. The van der Waals surface area contributed by atoms with E-state index in [1.54, 1.807) is 0 Å². The zero-order valence-corrected chi connectivity index (χ0v) is 14.8. The van der Waals surface area contributed by atoms with Crippen LogP contribution < -0.4 is 5.32 Å². The summed E-state index contributed by atoms with van der Waals surface area (Å²) in [5.74, 6) is 0.935. The van der Waals surface area contributed by atoms with Crippen molar-refractivity contribution < 1.29 is 0 Å². The van der Waals surface area contributed by atoms with E-state index >= 15 is 0 Å². The molecule has 21 heavy (non-hydrogen) atoms. The van der Waals surface area contributed by atoms with Gasteiger partial charge in [0.25, 0.3) is 0 Å². The summed E-state index contributed by atoms with van der Waals surface area (Å²) < 4.78 is 3.35. The van der Waals surface area contributed by atoms with Gasteiger partial charge < -0.3 is 5.32 Å². The molecule has 2 fully saturated rings. The lowest BCUT2D eigenvalue weighted by molar-refractivity contribution is 0.225. The predicted octanol–water partition coefficient (Wildman–Crippen LogP) is 2.94. The minimum absolute atomic E-state index is 0.682. The molecule has 0 bridgehead atoms. The van der Waals surface area contributed by atoms with Crippen molar-refractivity contribution in [2.75, 3.05) is 19.6 Å². The van der Waals surface area contributed by atoms with Gasteiger partial charge in [-0.2, -0.15) is 5.10 Å². The van der Waals surface area contributed by atoms with Crippen LogP contribution in [0.1, 0.15) is 44.0 Å². The summed E-state index contributed by atoms with van der Waals surface area (Å²) in [6, 6.07) is 0.682. The molecule has 0 radical (unpaired) electrons. The van der Waals surface area contributed by atoms with Gasteiger partial charge in [0.1, 0.15) is 0 Å². The number of halogens is 1. The molecule has 1 saturated carbocycles. The standard InChI is InChI=1S/C16H27BrN4/c1-3-21-15(16(17)12(2)19-21)11-20(9-13-6-7-13)10-14-5-4-8-18-14/h13-14,18H,3-11H2,1-2H3. The molecule has 4 nitrogen and oxygen atoms in total. The first kappa shape index (κ1) is 15.5. The highest BCUT2D eigenvalue weighted by molar-refractivity contribution is 9.10. The molecule has 1 N–H and O–H groups in total. The third-order valence-electron chi connectivity index (χ3n) is 4.68. The molecular weight excluding hydrogens is 328 g/mol. The summed E-state index contributed by atoms with van der Waals surface area (Å²) in [6.07, 6.45) is 5.50. The van der Waals surface area contributed by atoms with E-state index in [9.17, 15) is 0 Å². The van der Waals surface area contributed by atoms with Gasteiger partial charge in [0.05, 0.1) is 15.9 Å². The number of rotatable bonds is 7. The molecule has 5 heteroatoms. The van der Waals surface area contributed by atoms with E-state index in [1.807, 2.05) is 0 Å². The lowest BCUT2D eigenvalue weighted by Gasteiger charge is -2.26. The monoisotopic (exact) mass is 354 g/mol. The molecule has 1 saturated heterocycles. The maximum absolute atomic E-state index is 4.64. The number of hydrogen-bond donors (Lipinski definition) is 1. The fourth-order valence-corrected chi connectivity index (χ4v) is 3.73. The first-order valence-corrected chi connectivity index (χ1v) is 9.14. The van der Waals surface area contributed by atoms with Crippen molar-refractivity contribution in [3.8, 4) is 0 Å². The van der Waals surface area contributed by atoms with Gasteiger partial charge in [-0.05, 0) is 67.9 Å². The minimum atomic E-state index is 0.682. The summed E-state index contributed by atoms with van der Waals surface area (Å²) in [6.45, 7) is 9.84. The summed E-state index contributed by atoms with van der Waals surface area (Å²) in [5.41, 5.74) is 2.45. The molecule has 3 rings (SSSR count). The van der Waals surface area contributed by atoms with Crippen LogP contribution in [0.2, 0.25) is 0 Å². The van der Waals surface area contributed by atoms with E-state index in [0.717, 1.165) is 24.7 Å². The van der Waals surface area contributed by atoms with Crippen LogP contribution in [0.3, 0.4) is 0 Å². The van der Waals surface area contributed by atoms with Crippen LogP contribution in [0.4, 0.5) is 0 Å². The number of aryl methyl sites for hydroxylation is 2. The normalized spacial score (nSPS) is 22.4. The lowest BCUT2D eigenvalue weighted by Crippen LogP contribution is -2.38. The fraction of sp³-hybridized carbons (Fsp3) is 0.812. The maximum atomic E-state index is 4.64. The molecule has 1 aromatic rings. The lowest BCUT2D eigenvalue weighted by atomic mass is 10.2. The van der Waals surface area contributed by atoms with Gasteiger partial charge in [-0.25, -0.2) is 0 Å². The van der Waals surface area contributed by atoms with Gasteiger partial charge in [0.15, 0.2) is 0 Å². The van der Waals surface area contributed by atoms with E-state index in [1.165, 1.54) is 55.5 Å². The first-order chi connectivity index (χ1) is 10.2. The molecule has 0 spiro atoms. The Kier molecular flexibility index (Phi) is 5.02. The fourth-order valence-electron chi connectivity index (χ4n) is 3.33. The molecule has 0 amide bonds. The molecule has 1 unspecified atom stereocenters. The van der Waals surface area contributed by atoms with Crippen LogP contribution in [-0.4, -0.2) is 40.4 Å². The van der Waals surface area contributed by atoms with Gasteiger partial charge in [-0.15, -0.1) is 0 Å². The molecule has 1 aromatic heterocycles. The molecule has 118 valence electrons. The Morgan fingerprint density at radius 2 is 2.14 bits per heavy atom. The Labute approximate surface area is 136 Å². The van der Waals surface area contributed by atoms with Crippen molar-refractivity contribution in [3.63, 3.8) is 0 Å². The van der Waals surface area contributed by atoms with Crippen molar-refractivity contribution in [2.24, 2.45) is 5.92 Å². The van der Waals surface area contributed by atoms with Crippen LogP contribution in [0.5, 0.6) is 0 Å². The van der Waals surface area contributed by atoms with Gasteiger partial charge in [-0.3, -0.25) is 9.58 Å². The highest BCUT2D eigenvalue weighted by Gasteiger charge is 2.27. The highest BCUT2D eigenvalue weighted by Crippen LogP contribution is 2.31. The number of hydrogen-bond acceptors (Lipinski definition) is 3. The highest BCUT2D eigenvalue weighted by atomic mass is 79.9. The van der Waals surface area contributed by atoms with Crippen LogP contribution in [0.15, 0.2) is 4.47 Å². The zero-order valence-electron chi connectivity index (χ0n) is 13.2. The summed E-state index contributed by atoms with van der Waals surface area (Å²) in [7, 11) is 0. The van der Waals surface area contributed by atoms with Crippen LogP contribution >= 0.6 is 15.9 Å². The molecule has 2 heterocycles. The predicted molar refractivity (Wildman–Crippen MR) is 89.4 cm³/mol. The Morgan fingerprint density at radius 1 is 1.33 bits per heavy atom. The van der Waals surface area contributed by atoms with E-state index in [-0.39, 0.29) is 0 Å². The molecular formula is C16H27BrN4. The molecule has 1 aliphatic carbocycles. The van der Waals surface area contributed by atoms with Crippen molar-refractivity contribution in [3.05, 3.63) is 15.9 Å². The molecule has 0 aromatic carbocycles. The zero-order chi connectivity index (χ0) is 14.8. The van der Waals surface area contributed by atoms with Crippen molar-refractivity contribution in [2.45, 2.75) is 58.7 Å². The topological polar surface area (TPSA) is 33.1 Å². The first-order valence-electron chi connectivity index (χ1n) is 8.35. The molecule has 1 aliphatic heterocycles. The van der Waals surface area contributed by atoms with Crippen LogP contribution in [-0.2, 0) is 13.1 Å². The Bertz CT molecular complexity index is 475. The van der Waals surface area contributed by atoms with E-state index < -0.39 is 0 Å². The Balaban J connectivity index is 1.70. The number of nitrogens with zero attached hydrogens (tertiary/aromatic N) is 3. The summed E-state index contributed by atoms with van der Waals surface area (Å²) >= 11 is 3.74. The van der Waals surface area contributed by atoms with Gasteiger partial charge in [0, 0.05) is 32.2 Å². The van der Waals surface area contributed by atoms with Gasteiger partial charge >= 0.3 is 0 Å². The summed E-state index contributed by atoms with van der Waals surface area (Å²) in [4.78, 5) is 2.65. The van der Waals surface area contributed by atoms with Gasteiger partial charge in [0.2, 0.25) is 0 Å². The van der Waals surface area contributed by atoms with Crippen molar-refractivity contribution in [1.82, 2.24) is 20.0 Å². The van der Waals surface area contributed by atoms with Crippen molar-refractivity contribution in [1.29, 1.82) is 0 Å². The number of aromatic nitrogens is 2. The van der Waals surface area contributed by atoms with Crippen molar-refractivity contribution >= 4 is 15.9 Å². The smallest absolute Gasteiger partial charge is 0.0739 e. The average molecular weight is 355 g/mol. The Morgan fingerprint density at radius 3 is 2.76 bits per heavy atom. The molecule has 2 aliphatic rings. The second kappa shape index (κ2) is 6.80.